The van der Waals surface area contributed by atoms with Gasteiger partial charge in [0.2, 0.25) is 5.91 Å². The van der Waals surface area contributed by atoms with E-state index in [1.807, 2.05) is 30.3 Å². The van der Waals surface area contributed by atoms with Gasteiger partial charge in [0.15, 0.2) is 0 Å². The van der Waals surface area contributed by atoms with E-state index in [0.29, 0.717) is 13.0 Å². The maximum Gasteiger partial charge on any atom is 0.286 e. The van der Waals surface area contributed by atoms with Crippen molar-refractivity contribution in [3.05, 3.63) is 77.9 Å². The van der Waals surface area contributed by atoms with Crippen molar-refractivity contribution in [1.82, 2.24) is 5.32 Å². The molecule has 0 aromatic heterocycles. The van der Waals surface area contributed by atoms with E-state index in [1.54, 1.807) is 0 Å². The van der Waals surface area contributed by atoms with Crippen LogP contribution in [0.3, 0.4) is 0 Å². The van der Waals surface area contributed by atoms with Gasteiger partial charge < -0.3 is 4.74 Å². The molecule has 1 N–H and O–H groups in total. The van der Waals surface area contributed by atoms with Crippen molar-refractivity contribution < 1.29 is 14.3 Å². The number of carbonyl (C=O) groups is 2. The van der Waals surface area contributed by atoms with Gasteiger partial charge >= 0.3 is 0 Å². The number of nitrogens with one attached hydrogen (secondary N) is 1. The fourth-order valence-corrected chi connectivity index (χ4v) is 4.11. The summed E-state index contributed by atoms with van der Waals surface area (Å²) in [4.78, 5) is 22.9. The minimum absolute atomic E-state index is 0.208. The van der Waals surface area contributed by atoms with Crippen molar-refractivity contribution in [3.63, 3.8) is 0 Å². The van der Waals surface area contributed by atoms with E-state index in [-0.39, 0.29) is 16.4 Å². The van der Waals surface area contributed by atoms with E-state index in [9.17, 15) is 9.59 Å². The number of thioether (sulfide) groups is 1. The summed E-state index contributed by atoms with van der Waals surface area (Å²) < 4.78 is 5.88. The molecule has 1 saturated heterocycles. The Bertz CT molecular complexity index is 979. The molecule has 27 heavy (non-hydrogen) atoms. The highest BCUT2D eigenvalue weighted by molar-refractivity contribution is 8.15. The Morgan fingerprint density at radius 3 is 2.48 bits per heavy atom. The summed E-state index contributed by atoms with van der Waals surface area (Å²) in [5.74, 6) is 0.596. The Labute approximate surface area is 161 Å². The zero-order chi connectivity index (χ0) is 18.6. The summed E-state index contributed by atoms with van der Waals surface area (Å²) >= 11 is 1.05. The quantitative estimate of drug-likeness (QED) is 0.694. The molecule has 0 aliphatic carbocycles. The van der Waals surface area contributed by atoms with Crippen LogP contribution in [0.25, 0.3) is 10.8 Å². The van der Waals surface area contributed by atoms with Gasteiger partial charge in [-0.25, -0.2) is 0 Å². The lowest BCUT2D eigenvalue weighted by molar-refractivity contribution is -0.118. The summed E-state index contributed by atoms with van der Waals surface area (Å²) in [5.41, 5.74) is 2.29. The second-order valence-corrected chi connectivity index (χ2v) is 7.64. The normalized spacial score (nSPS) is 16.5. The highest BCUT2D eigenvalue weighted by atomic mass is 32.2. The summed E-state index contributed by atoms with van der Waals surface area (Å²) in [6.07, 6.45) is 1.38. The Morgan fingerprint density at radius 1 is 0.926 bits per heavy atom. The number of ether oxygens (including phenoxy) is 1. The summed E-state index contributed by atoms with van der Waals surface area (Å²) in [5, 5.41) is 4.22. The number of hydrogen-bond donors (Lipinski definition) is 1. The van der Waals surface area contributed by atoms with E-state index < -0.39 is 0 Å². The third-order valence-corrected chi connectivity index (χ3v) is 5.61. The summed E-state index contributed by atoms with van der Waals surface area (Å²) in [6.45, 7) is 0.600. The van der Waals surface area contributed by atoms with Crippen molar-refractivity contribution in [2.75, 3.05) is 6.61 Å². The molecule has 1 heterocycles. The molecular formula is C22H19NO3S. The molecule has 5 heteroatoms. The average Bonchev–Trinajstić information content (AvgIpc) is 3.00. The van der Waals surface area contributed by atoms with Crippen molar-refractivity contribution in [2.24, 2.45) is 0 Å². The van der Waals surface area contributed by atoms with Crippen LogP contribution in [0.15, 0.2) is 66.7 Å². The topological polar surface area (TPSA) is 55.4 Å². The largest absolute Gasteiger partial charge is 0.493 e. The SMILES string of the molecule is O=C1NC(=O)C(Cc2ccc(OCCc3cccc4ccccc34)cc2)S1. The molecule has 3 aromatic carbocycles. The molecule has 0 saturated carbocycles. The van der Waals surface area contributed by atoms with Crippen LogP contribution in [0.4, 0.5) is 4.79 Å². The van der Waals surface area contributed by atoms with Crippen LogP contribution < -0.4 is 10.1 Å². The predicted molar refractivity (Wildman–Crippen MR) is 108 cm³/mol. The van der Waals surface area contributed by atoms with E-state index in [4.69, 9.17) is 4.74 Å². The second-order valence-electron chi connectivity index (χ2n) is 6.47. The van der Waals surface area contributed by atoms with E-state index in [2.05, 4.69) is 41.7 Å². The molecule has 0 bridgehead atoms. The fourth-order valence-electron chi connectivity index (χ4n) is 3.25. The molecule has 1 atom stereocenters. The maximum atomic E-state index is 11.6. The Balaban J connectivity index is 1.34. The van der Waals surface area contributed by atoms with Crippen LogP contribution in [0.5, 0.6) is 5.75 Å². The van der Waals surface area contributed by atoms with Crippen molar-refractivity contribution in [3.8, 4) is 5.75 Å². The highest BCUT2D eigenvalue weighted by Crippen LogP contribution is 2.24. The minimum Gasteiger partial charge on any atom is -0.493 e. The minimum atomic E-state index is -0.337. The van der Waals surface area contributed by atoms with Crippen molar-refractivity contribution >= 4 is 33.7 Å². The Morgan fingerprint density at radius 2 is 1.70 bits per heavy atom. The third-order valence-electron chi connectivity index (χ3n) is 4.63. The van der Waals surface area contributed by atoms with Crippen LogP contribution in [-0.2, 0) is 17.6 Å². The molecule has 1 unspecified atom stereocenters. The number of amides is 2. The van der Waals surface area contributed by atoms with Gasteiger partial charge in [-0.2, -0.15) is 0 Å². The van der Waals surface area contributed by atoms with Gasteiger partial charge in [0.1, 0.15) is 5.75 Å². The number of hydrogen-bond acceptors (Lipinski definition) is 4. The molecular weight excluding hydrogens is 358 g/mol. The molecule has 3 aromatic rings. The molecule has 4 nitrogen and oxygen atoms in total. The van der Waals surface area contributed by atoms with Crippen LogP contribution in [-0.4, -0.2) is 23.0 Å². The monoisotopic (exact) mass is 377 g/mol. The Kier molecular flexibility index (Phi) is 5.12. The van der Waals surface area contributed by atoms with Gasteiger partial charge in [0.25, 0.3) is 5.24 Å². The molecule has 136 valence electrons. The number of fused-ring (bicyclic) bond motifs is 1. The van der Waals surface area contributed by atoms with Gasteiger partial charge in [-0.1, -0.05) is 66.4 Å². The number of rotatable bonds is 6. The number of carbonyl (C=O) groups excluding carboxylic acids is 2. The molecule has 1 aliphatic rings. The number of imide groups is 1. The smallest absolute Gasteiger partial charge is 0.286 e. The lowest BCUT2D eigenvalue weighted by Gasteiger charge is -2.10. The molecule has 2 amide bonds. The predicted octanol–water partition coefficient (Wildman–Crippen LogP) is 4.36. The first-order chi connectivity index (χ1) is 13.2. The maximum absolute atomic E-state index is 11.6. The third kappa shape index (κ3) is 4.14. The van der Waals surface area contributed by atoms with Gasteiger partial charge in [0.05, 0.1) is 11.9 Å². The van der Waals surface area contributed by atoms with Gasteiger partial charge in [0, 0.05) is 6.42 Å². The first-order valence-electron chi connectivity index (χ1n) is 8.89. The van der Waals surface area contributed by atoms with Crippen molar-refractivity contribution in [2.45, 2.75) is 18.1 Å². The van der Waals surface area contributed by atoms with Crippen LogP contribution in [0.1, 0.15) is 11.1 Å². The first kappa shape index (κ1) is 17.6. The lowest BCUT2D eigenvalue weighted by atomic mass is 10.0. The lowest BCUT2D eigenvalue weighted by Crippen LogP contribution is -2.25. The highest BCUT2D eigenvalue weighted by Gasteiger charge is 2.31. The van der Waals surface area contributed by atoms with Crippen LogP contribution in [0.2, 0.25) is 0 Å². The molecule has 1 aliphatic heterocycles. The van der Waals surface area contributed by atoms with Crippen LogP contribution in [0, 0.1) is 0 Å². The van der Waals surface area contributed by atoms with Crippen LogP contribution >= 0.6 is 11.8 Å². The standard InChI is InChI=1S/C22H19NO3S/c24-21-20(27-22(25)23-21)14-15-8-10-18(11-9-15)26-13-12-17-6-3-5-16-4-1-2-7-19(16)17/h1-11,20H,12-14H2,(H,23,24,25). The summed E-state index contributed by atoms with van der Waals surface area (Å²) in [7, 11) is 0. The van der Waals surface area contributed by atoms with Gasteiger partial charge in [-0.15, -0.1) is 0 Å². The first-order valence-corrected chi connectivity index (χ1v) is 9.77. The second kappa shape index (κ2) is 7.84. The summed E-state index contributed by atoms with van der Waals surface area (Å²) in [6, 6.07) is 22.4. The van der Waals surface area contributed by atoms with E-state index in [1.165, 1.54) is 16.3 Å². The molecule has 0 radical (unpaired) electrons. The zero-order valence-corrected chi connectivity index (χ0v) is 15.5. The van der Waals surface area contributed by atoms with Gasteiger partial charge in [-0.05, 0) is 40.5 Å². The van der Waals surface area contributed by atoms with E-state index in [0.717, 1.165) is 29.5 Å². The molecule has 1 fully saturated rings. The fraction of sp³-hybridized carbons (Fsp3) is 0.182. The van der Waals surface area contributed by atoms with Crippen molar-refractivity contribution in [1.29, 1.82) is 0 Å². The zero-order valence-electron chi connectivity index (χ0n) is 14.7. The average molecular weight is 377 g/mol. The molecule has 0 spiro atoms. The van der Waals surface area contributed by atoms with Gasteiger partial charge in [-0.3, -0.25) is 14.9 Å². The number of benzene rings is 3. The Hall–Kier alpha value is -2.79. The molecule has 4 rings (SSSR count). The van der Waals surface area contributed by atoms with E-state index >= 15 is 0 Å².